The van der Waals surface area contributed by atoms with Gasteiger partial charge in [-0.3, -0.25) is 4.79 Å². The van der Waals surface area contributed by atoms with Gasteiger partial charge in [-0.25, -0.2) is 0 Å². The van der Waals surface area contributed by atoms with Crippen LogP contribution in [0.2, 0.25) is 0 Å². The second-order valence-electron chi connectivity index (χ2n) is 3.45. The van der Waals surface area contributed by atoms with E-state index in [-0.39, 0.29) is 31.1 Å². The second kappa shape index (κ2) is 6.50. The molecular formula is C9H17NO4. The average Bonchev–Trinajstić information content (AvgIpc) is 2.11. The van der Waals surface area contributed by atoms with E-state index in [0.29, 0.717) is 0 Å². The summed E-state index contributed by atoms with van der Waals surface area (Å²) >= 11 is 0. The van der Waals surface area contributed by atoms with E-state index < -0.39 is 12.2 Å². The zero-order chi connectivity index (χ0) is 11.1. The molecule has 0 aromatic rings. The summed E-state index contributed by atoms with van der Waals surface area (Å²) < 4.78 is 0. The Bertz CT molecular complexity index is 193. The monoisotopic (exact) mass is 203 g/mol. The fourth-order valence-electron chi connectivity index (χ4n) is 0.935. The Kier molecular flexibility index (Phi) is 6.07. The molecule has 0 radical (unpaired) electrons. The van der Waals surface area contributed by atoms with E-state index in [1.807, 2.05) is 13.8 Å². The van der Waals surface area contributed by atoms with E-state index in [9.17, 15) is 9.59 Å². The molecule has 14 heavy (non-hydrogen) atoms. The van der Waals surface area contributed by atoms with Gasteiger partial charge in [0.1, 0.15) is 6.10 Å². The first-order valence-electron chi connectivity index (χ1n) is 4.58. The van der Waals surface area contributed by atoms with Gasteiger partial charge in [0.15, 0.2) is 6.29 Å². The third-order valence-corrected chi connectivity index (χ3v) is 1.65. The van der Waals surface area contributed by atoms with Crippen molar-refractivity contribution < 1.29 is 19.8 Å². The molecule has 0 heterocycles. The molecular weight excluding hydrogens is 186 g/mol. The third-order valence-electron chi connectivity index (χ3n) is 1.65. The van der Waals surface area contributed by atoms with Crippen molar-refractivity contribution in [3.63, 3.8) is 0 Å². The predicted molar refractivity (Wildman–Crippen MR) is 50.6 cm³/mol. The largest absolute Gasteiger partial charge is 0.390 e. The van der Waals surface area contributed by atoms with Crippen LogP contribution < -0.4 is 5.32 Å². The summed E-state index contributed by atoms with van der Waals surface area (Å²) in [5.41, 5.74) is 0. The van der Waals surface area contributed by atoms with E-state index >= 15 is 0 Å². The summed E-state index contributed by atoms with van der Waals surface area (Å²) in [4.78, 5) is 21.1. The molecule has 0 bridgehead atoms. The Morgan fingerprint density at radius 2 is 2.00 bits per heavy atom. The lowest BCUT2D eigenvalue weighted by molar-refractivity contribution is -0.125. The van der Waals surface area contributed by atoms with Gasteiger partial charge in [-0.2, -0.15) is 0 Å². The lowest BCUT2D eigenvalue weighted by atomic mass is 10.1. The van der Waals surface area contributed by atoms with Gasteiger partial charge in [0.25, 0.3) is 0 Å². The SMILES string of the molecule is CC(C)NC(=O)CCC(O)C(O)C=O. The molecule has 0 aliphatic carbocycles. The molecule has 0 saturated heterocycles. The Labute approximate surface area is 83.1 Å². The maximum atomic E-state index is 11.1. The Balaban J connectivity index is 3.71. The van der Waals surface area contributed by atoms with Gasteiger partial charge >= 0.3 is 0 Å². The van der Waals surface area contributed by atoms with Crippen LogP contribution in [-0.4, -0.2) is 40.7 Å². The number of hydrogen-bond acceptors (Lipinski definition) is 4. The molecule has 0 aliphatic heterocycles. The molecule has 1 amide bonds. The van der Waals surface area contributed by atoms with Crippen molar-refractivity contribution in [2.24, 2.45) is 0 Å². The van der Waals surface area contributed by atoms with Crippen molar-refractivity contribution in [2.45, 2.75) is 44.9 Å². The summed E-state index contributed by atoms with van der Waals surface area (Å²) in [6, 6.07) is 0.0515. The second-order valence-corrected chi connectivity index (χ2v) is 3.45. The standard InChI is InChI=1S/C9H17NO4/c1-6(2)10-9(14)4-3-7(12)8(13)5-11/h5-8,12-13H,3-4H2,1-2H3,(H,10,14). The number of carbonyl (C=O) groups is 2. The number of hydrogen-bond donors (Lipinski definition) is 3. The maximum Gasteiger partial charge on any atom is 0.220 e. The molecule has 5 heteroatoms. The molecule has 0 saturated carbocycles. The molecule has 2 atom stereocenters. The van der Waals surface area contributed by atoms with Crippen molar-refractivity contribution in [3.05, 3.63) is 0 Å². The molecule has 5 nitrogen and oxygen atoms in total. The van der Waals surface area contributed by atoms with Gasteiger partial charge in [-0.1, -0.05) is 0 Å². The number of aliphatic hydroxyl groups excluding tert-OH is 2. The van der Waals surface area contributed by atoms with Gasteiger partial charge in [0.2, 0.25) is 5.91 Å². The fraction of sp³-hybridized carbons (Fsp3) is 0.778. The lowest BCUT2D eigenvalue weighted by Gasteiger charge is -2.13. The first-order valence-corrected chi connectivity index (χ1v) is 4.58. The van der Waals surface area contributed by atoms with Crippen molar-refractivity contribution in [3.8, 4) is 0 Å². The lowest BCUT2D eigenvalue weighted by Crippen LogP contribution is -2.33. The highest BCUT2D eigenvalue weighted by molar-refractivity contribution is 5.76. The van der Waals surface area contributed by atoms with Crippen molar-refractivity contribution in [2.75, 3.05) is 0 Å². The normalized spacial score (nSPS) is 14.9. The topological polar surface area (TPSA) is 86.6 Å². The molecule has 82 valence electrons. The molecule has 0 aromatic heterocycles. The van der Waals surface area contributed by atoms with Crippen LogP contribution in [0.4, 0.5) is 0 Å². The van der Waals surface area contributed by atoms with E-state index in [1.165, 1.54) is 0 Å². The van der Waals surface area contributed by atoms with Gasteiger partial charge in [0, 0.05) is 12.5 Å². The van der Waals surface area contributed by atoms with E-state index in [4.69, 9.17) is 10.2 Å². The summed E-state index contributed by atoms with van der Waals surface area (Å²) in [6.45, 7) is 3.66. The summed E-state index contributed by atoms with van der Waals surface area (Å²) in [5.74, 6) is -0.197. The van der Waals surface area contributed by atoms with Crippen molar-refractivity contribution in [1.29, 1.82) is 0 Å². The van der Waals surface area contributed by atoms with E-state index in [2.05, 4.69) is 5.32 Å². The predicted octanol–water partition coefficient (Wildman–Crippen LogP) is -0.788. The minimum absolute atomic E-state index is 0.0515. The smallest absolute Gasteiger partial charge is 0.220 e. The van der Waals surface area contributed by atoms with E-state index in [1.54, 1.807) is 0 Å². The Morgan fingerprint density at radius 1 is 1.43 bits per heavy atom. The molecule has 0 fully saturated rings. The number of carbonyl (C=O) groups excluding carboxylic acids is 2. The molecule has 0 spiro atoms. The van der Waals surface area contributed by atoms with Crippen molar-refractivity contribution in [1.82, 2.24) is 5.32 Å². The maximum absolute atomic E-state index is 11.1. The average molecular weight is 203 g/mol. The van der Waals surface area contributed by atoms with Crippen LogP contribution in [0, 0.1) is 0 Å². The zero-order valence-electron chi connectivity index (χ0n) is 8.43. The number of amides is 1. The van der Waals surface area contributed by atoms with Crippen LogP contribution in [0.1, 0.15) is 26.7 Å². The van der Waals surface area contributed by atoms with Gasteiger partial charge < -0.3 is 20.3 Å². The highest BCUT2D eigenvalue weighted by Crippen LogP contribution is 2.01. The van der Waals surface area contributed by atoms with Gasteiger partial charge in [-0.15, -0.1) is 0 Å². The Morgan fingerprint density at radius 3 is 2.43 bits per heavy atom. The minimum atomic E-state index is -1.40. The number of rotatable bonds is 6. The summed E-state index contributed by atoms with van der Waals surface area (Å²) in [5, 5.41) is 20.6. The fourth-order valence-corrected chi connectivity index (χ4v) is 0.935. The van der Waals surface area contributed by atoms with Gasteiger partial charge in [-0.05, 0) is 20.3 Å². The highest BCUT2D eigenvalue weighted by atomic mass is 16.3. The molecule has 0 aliphatic rings. The third kappa shape index (κ3) is 5.66. The molecule has 3 N–H and O–H groups in total. The summed E-state index contributed by atoms with van der Waals surface area (Å²) in [6.07, 6.45) is -2.12. The number of aldehydes is 1. The van der Waals surface area contributed by atoms with Gasteiger partial charge in [0.05, 0.1) is 6.10 Å². The molecule has 0 rings (SSSR count). The molecule has 0 aromatic carbocycles. The van der Waals surface area contributed by atoms with Crippen LogP contribution in [0.3, 0.4) is 0 Å². The quantitative estimate of drug-likeness (QED) is 0.494. The van der Waals surface area contributed by atoms with Crippen LogP contribution in [0.15, 0.2) is 0 Å². The van der Waals surface area contributed by atoms with Crippen LogP contribution in [-0.2, 0) is 9.59 Å². The van der Waals surface area contributed by atoms with E-state index in [0.717, 1.165) is 0 Å². The summed E-state index contributed by atoms with van der Waals surface area (Å²) in [7, 11) is 0. The van der Waals surface area contributed by atoms with Crippen LogP contribution in [0.5, 0.6) is 0 Å². The first kappa shape index (κ1) is 13.1. The highest BCUT2D eigenvalue weighted by Gasteiger charge is 2.16. The van der Waals surface area contributed by atoms with Crippen LogP contribution >= 0.6 is 0 Å². The zero-order valence-corrected chi connectivity index (χ0v) is 8.43. The van der Waals surface area contributed by atoms with Crippen LogP contribution in [0.25, 0.3) is 0 Å². The number of aliphatic hydroxyl groups is 2. The van der Waals surface area contributed by atoms with Crippen molar-refractivity contribution >= 4 is 12.2 Å². The molecule has 2 unspecified atom stereocenters. The minimum Gasteiger partial charge on any atom is -0.390 e. The Hall–Kier alpha value is -0.940. The first-order chi connectivity index (χ1) is 6.47. The number of nitrogens with one attached hydrogen (secondary N) is 1.